The average Bonchev–Trinajstić information content (AvgIpc) is 3.11. The smallest absolute Gasteiger partial charge is 0.247 e. The number of H-pyrrole nitrogens is 1. The van der Waals surface area contributed by atoms with Gasteiger partial charge in [-0.3, -0.25) is 14.9 Å². The molecule has 0 saturated heterocycles. The third kappa shape index (κ3) is 2.81. The van der Waals surface area contributed by atoms with Crippen molar-refractivity contribution in [2.24, 2.45) is 0 Å². The molecular formula is C21H17N5O. The molecule has 4 aromatic rings. The third-order valence-corrected chi connectivity index (χ3v) is 4.84. The monoisotopic (exact) mass is 355 g/mol. The second-order valence-electron chi connectivity index (χ2n) is 6.63. The van der Waals surface area contributed by atoms with Crippen LogP contribution < -0.4 is 10.6 Å². The largest absolute Gasteiger partial charge is 0.372 e. The van der Waals surface area contributed by atoms with E-state index in [1.807, 2.05) is 54.6 Å². The van der Waals surface area contributed by atoms with Gasteiger partial charge < -0.3 is 10.6 Å². The average molecular weight is 355 g/mol. The van der Waals surface area contributed by atoms with E-state index in [-0.39, 0.29) is 11.9 Å². The molecule has 0 aliphatic carbocycles. The minimum absolute atomic E-state index is 0.0282. The van der Waals surface area contributed by atoms with Gasteiger partial charge in [0, 0.05) is 29.8 Å². The molecule has 5 rings (SSSR count). The highest BCUT2D eigenvalue weighted by Crippen LogP contribution is 2.35. The molecule has 1 aliphatic heterocycles. The molecule has 3 N–H and O–H groups in total. The van der Waals surface area contributed by atoms with Gasteiger partial charge in [-0.15, -0.1) is 0 Å². The van der Waals surface area contributed by atoms with Crippen molar-refractivity contribution in [2.45, 2.75) is 12.5 Å². The Morgan fingerprint density at radius 3 is 2.59 bits per heavy atom. The molecule has 0 fully saturated rings. The Morgan fingerprint density at radius 2 is 1.78 bits per heavy atom. The number of amides is 1. The molecule has 6 heteroatoms. The van der Waals surface area contributed by atoms with Gasteiger partial charge in [-0.25, -0.2) is 0 Å². The quantitative estimate of drug-likeness (QED) is 0.524. The summed E-state index contributed by atoms with van der Waals surface area (Å²) in [7, 11) is 0. The van der Waals surface area contributed by atoms with Gasteiger partial charge >= 0.3 is 0 Å². The van der Waals surface area contributed by atoms with E-state index in [1.165, 1.54) is 0 Å². The number of nitrogens with zero attached hydrogens (tertiary/aromatic N) is 2. The number of rotatable bonds is 3. The van der Waals surface area contributed by atoms with Crippen molar-refractivity contribution in [3.63, 3.8) is 0 Å². The molecule has 0 bridgehead atoms. The first kappa shape index (κ1) is 15.6. The number of benzene rings is 2. The number of fused-ring (bicyclic) bond motifs is 2. The van der Waals surface area contributed by atoms with Crippen LogP contribution in [0.4, 0.5) is 11.4 Å². The zero-order chi connectivity index (χ0) is 18.2. The zero-order valence-corrected chi connectivity index (χ0v) is 14.4. The molecule has 1 amide bonds. The first-order chi connectivity index (χ1) is 13.3. The summed E-state index contributed by atoms with van der Waals surface area (Å²) >= 11 is 0. The maximum atomic E-state index is 12.5. The van der Waals surface area contributed by atoms with Crippen LogP contribution in [-0.4, -0.2) is 27.1 Å². The second kappa shape index (κ2) is 6.25. The number of pyridine rings is 1. The van der Waals surface area contributed by atoms with E-state index >= 15 is 0 Å². The summed E-state index contributed by atoms with van der Waals surface area (Å²) in [5.74, 6) is -0.0282. The Balaban J connectivity index is 1.52. The number of aromatic amines is 1. The molecule has 132 valence electrons. The first-order valence-corrected chi connectivity index (χ1v) is 8.82. The summed E-state index contributed by atoms with van der Waals surface area (Å²) in [5.41, 5.74) is 5.53. The van der Waals surface area contributed by atoms with Crippen molar-refractivity contribution < 1.29 is 4.79 Å². The van der Waals surface area contributed by atoms with Crippen molar-refractivity contribution in [1.29, 1.82) is 0 Å². The van der Waals surface area contributed by atoms with Crippen LogP contribution in [0.1, 0.15) is 5.56 Å². The van der Waals surface area contributed by atoms with Crippen LogP contribution in [0.3, 0.4) is 0 Å². The molecule has 0 radical (unpaired) electrons. The van der Waals surface area contributed by atoms with Crippen molar-refractivity contribution >= 4 is 28.2 Å². The van der Waals surface area contributed by atoms with E-state index < -0.39 is 0 Å². The molecule has 1 atom stereocenters. The highest BCUT2D eigenvalue weighted by molar-refractivity contribution is 6.07. The van der Waals surface area contributed by atoms with Gasteiger partial charge in [0.05, 0.1) is 16.9 Å². The standard InChI is InChI=1S/C21H17N5O/c27-21-19(10-13-4-2-1-3-5-13)23-17-11-15-16(12-18(17)24-21)25-26-20(15)14-6-8-22-9-7-14/h1-9,11-12,19,23H,10H2,(H,24,27)(H,25,26). The van der Waals surface area contributed by atoms with Crippen molar-refractivity contribution in [3.05, 3.63) is 72.6 Å². The van der Waals surface area contributed by atoms with E-state index in [9.17, 15) is 4.79 Å². The normalized spacial score (nSPS) is 15.9. The summed E-state index contributed by atoms with van der Waals surface area (Å²) in [6.45, 7) is 0. The van der Waals surface area contributed by atoms with Crippen LogP contribution >= 0.6 is 0 Å². The van der Waals surface area contributed by atoms with Gasteiger partial charge in [-0.1, -0.05) is 30.3 Å². The summed E-state index contributed by atoms with van der Waals surface area (Å²) in [5, 5.41) is 14.9. The molecule has 27 heavy (non-hydrogen) atoms. The minimum Gasteiger partial charge on any atom is -0.372 e. The molecule has 6 nitrogen and oxygen atoms in total. The van der Waals surface area contributed by atoms with Gasteiger partial charge in [-0.2, -0.15) is 5.10 Å². The van der Waals surface area contributed by atoms with E-state index in [0.717, 1.165) is 39.1 Å². The summed E-state index contributed by atoms with van der Waals surface area (Å²) in [6.07, 6.45) is 4.14. The molecule has 3 heterocycles. The number of hydrogen-bond donors (Lipinski definition) is 3. The summed E-state index contributed by atoms with van der Waals surface area (Å²) in [4.78, 5) is 16.6. The van der Waals surface area contributed by atoms with Crippen molar-refractivity contribution in [1.82, 2.24) is 15.2 Å². The van der Waals surface area contributed by atoms with Crippen LogP contribution in [-0.2, 0) is 11.2 Å². The van der Waals surface area contributed by atoms with Crippen LogP contribution in [0.2, 0.25) is 0 Å². The number of aromatic nitrogens is 3. The van der Waals surface area contributed by atoms with E-state index in [0.29, 0.717) is 6.42 Å². The maximum absolute atomic E-state index is 12.5. The molecule has 1 unspecified atom stereocenters. The van der Waals surface area contributed by atoms with Crippen molar-refractivity contribution in [3.8, 4) is 11.3 Å². The van der Waals surface area contributed by atoms with E-state index in [2.05, 4.69) is 25.8 Å². The lowest BCUT2D eigenvalue weighted by Gasteiger charge is -2.27. The van der Waals surface area contributed by atoms with Gasteiger partial charge in [0.15, 0.2) is 0 Å². The second-order valence-corrected chi connectivity index (χ2v) is 6.63. The fourth-order valence-corrected chi connectivity index (χ4v) is 3.48. The SMILES string of the molecule is O=C1Nc2cc3[nH]nc(-c4ccncc4)c3cc2NC1Cc1ccccc1. The van der Waals surface area contributed by atoms with E-state index in [1.54, 1.807) is 12.4 Å². The summed E-state index contributed by atoms with van der Waals surface area (Å²) in [6, 6.07) is 17.5. The van der Waals surface area contributed by atoms with Crippen LogP contribution in [0.5, 0.6) is 0 Å². The minimum atomic E-state index is -0.311. The zero-order valence-electron chi connectivity index (χ0n) is 14.4. The van der Waals surface area contributed by atoms with Gasteiger partial charge in [0.2, 0.25) is 5.91 Å². The van der Waals surface area contributed by atoms with Gasteiger partial charge in [0.1, 0.15) is 11.7 Å². The first-order valence-electron chi connectivity index (χ1n) is 8.82. The van der Waals surface area contributed by atoms with Crippen LogP contribution in [0, 0.1) is 0 Å². The number of nitrogens with one attached hydrogen (secondary N) is 3. The topological polar surface area (TPSA) is 82.7 Å². The molecule has 2 aromatic heterocycles. The highest BCUT2D eigenvalue weighted by Gasteiger charge is 2.26. The van der Waals surface area contributed by atoms with Gasteiger partial charge in [-0.05, 0) is 29.8 Å². The predicted octanol–water partition coefficient (Wildman–Crippen LogP) is 3.60. The predicted molar refractivity (Wildman–Crippen MR) is 106 cm³/mol. The molecule has 1 aliphatic rings. The molecular weight excluding hydrogens is 338 g/mol. The number of carbonyl (C=O) groups is 1. The lowest BCUT2D eigenvalue weighted by molar-refractivity contribution is -0.117. The van der Waals surface area contributed by atoms with Crippen molar-refractivity contribution in [2.75, 3.05) is 10.6 Å². The fraction of sp³-hybridized carbons (Fsp3) is 0.0952. The summed E-state index contributed by atoms with van der Waals surface area (Å²) < 4.78 is 0. The lowest BCUT2D eigenvalue weighted by atomic mass is 10.0. The number of anilines is 2. The number of hydrogen-bond acceptors (Lipinski definition) is 4. The van der Waals surface area contributed by atoms with E-state index in [4.69, 9.17) is 0 Å². The van der Waals surface area contributed by atoms with Crippen LogP contribution in [0.15, 0.2) is 67.0 Å². The van der Waals surface area contributed by atoms with Gasteiger partial charge in [0.25, 0.3) is 0 Å². The van der Waals surface area contributed by atoms with Crippen LogP contribution in [0.25, 0.3) is 22.2 Å². The highest BCUT2D eigenvalue weighted by atomic mass is 16.2. The Hall–Kier alpha value is -3.67. The Kier molecular flexibility index (Phi) is 3.60. The fourth-order valence-electron chi connectivity index (χ4n) is 3.48. The Labute approximate surface area is 155 Å². The number of carbonyl (C=O) groups excluding carboxylic acids is 1. The Bertz CT molecular complexity index is 1120. The maximum Gasteiger partial charge on any atom is 0.247 e. The Morgan fingerprint density at radius 1 is 0.963 bits per heavy atom. The molecule has 0 saturated carbocycles. The third-order valence-electron chi connectivity index (χ3n) is 4.84. The molecule has 2 aromatic carbocycles. The molecule has 0 spiro atoms. The lowest BCUT2D eigenvalue weighted by Crippen LogP contribution is -2.40.